The lowest BCUT2D eigenvalue weighted by molar-refractivity contribution is -0.122. The third-order valence-corrected chi connectivity index (χ3v) is 4.43. The number of amides is 1. The SMILES string of the molecule is COC(CNC(=O)C[C@@H]1CCC[C@H]1N)c1ccc(Cl)cc1.Cl. The molecule has 0 saturated heterocycles. The van der Waals surface area contributed by atoms with Gasteiger partial charge in [-0.05, 0) is 36.5 Å². The topological polar surface area (TPSA) is 64.3 Å². The van der Waals surface area contributed by atoms with Crippen molar-refractivity contribution in [3.05, 3.63) is 34.9 Å². The fourth-order valence-corrected chi connectivity index (χ4v) is 2.98. The summed E-state index contributed by atoms with van der Waals surface area (Å²) in [6.45, 7) is 0.457. The molecule has 3 atom stereocenters. The number of benzene rings is 1. The van der Waals surface area contributed by atoms with Crippen molar-refractivity contribution in [3.8, 4) is 0 Å². The summed E-state index contributed by atoms with van der Waals surface area (Å²) in [5.41, 5.74) is 7.00. The fraction of sp³-hybridized carbons (Fsp3) is 0.562. The van der Waals surface area contributed by atoms with Crippen LogP contribution in [0.25, 0.3) is 0 Å². The molecule has 2 rings (SSSR count). The minimum atomic E-state index is -0.163. The van der Waals surface area contributed by atoms with E-state index in [2.05, 4.69) is 5.32 Å². The third-order valence-electron chi connectivity index (χ3n) is 4.18. The van der Waals surface area contributed by atoms with Gasteiger partial charge < -0.3 is 15.8 Å². The first kappa shape index (κ1) is 19.2. The van der Waals surface area contributed by atoms with Crippen molar-refractivity contribution in [3.63, 3.8) is 0 Å². The number of hydrogen-bond acceptors (Lipinski definition) is 3. The Morgan fingerprint density at radius 3 is 2.64 bits per heavy atom. The van der Waals surface area contributed by atoms with E-state index >= 15 is 0 Å². The summed E-state index contributed by atoms with van der Waals surface area (Å²) in [4.78, 5) is 12.0. The minimum absolute atomic E-state index is 0. The number of rotatable bonds is 6. The lowest BCUT2D eigenvalue weighted by Crippen LogP contribution is -2.33. The predicted molar refractivity (Wildman–Crippen MR) is 91.4 cm³/mol. The summed E-state index contributed by atoms with van der Waals surface area (Å²) >= 11 is 5.87. The summed E-state index contributed by atoms with van der Waals surface area (Å²) in [6.07, 6.45) is 3.56. The highest BCUT2D eigenvalue weighted by Crippen LogP contribution is 2.26. The first-order chi connectivity index (χ1) is 10.1. The molecule has 124 valence electrons. The summed E-state index contributed by atoms with van der Waals surface area (Å²) in [6, 6.07) is 7.64. The molecule has 4 nitrogen and oxygen atoms in total. The van der Waals surface area contributed by atoms with Crippen LogP contribution >= 0.6 is 24.0 Å². The van der Waals surface area contributed by atoms with E-state index in [1.807, 2.05) is 24.3 Å². The third kappa shape index (κ3) is 5.43. The molecule has 0 radical (unpaired) electrons. The van der Waals surface area contributed by atoms with Crippen LogP contribution in [-0.2, 0) is 9.53 Å². The van der Waals surface area contributed by atoms with Crippen LogP contribution in [0.1, 0.15) is 37.4 Å². The van der Waals surface area contributed by atoms with Crippen LogP contribution in [-0.4, -0.2) is 25.6 Å². The molecule has 1 unspecified atom stereocenters. The van der Waals surface area contributed by atoms with Crippen molar-refractivity contribution in [1.82, 2.24) is 5.32 Å². The van der Waals surface area contributed by atoms with Crippen LogP contribution < -0.4 is 11.1 Å². The largest absolute Gasteiger partial charge is 0.375 e. The average molecular weight is 347 g/mol. The Kier molecular flexibility index (Phi) is 8.18. The van der Waals surface area contributed by atoms with Gasteiger partial charge in [0.2, 0.25) is 5.91 Å². The standard InChI is InChI=1S/C16H23ClN2O2.ClH/c1-21-15(11-5-7-13(17)8-6-11)10-19-16(20)9-12-3-2-4-14(12)18;/h5-8,12,14-15H,2-4,9-10,18H2,1H3,(H,19,20);1H/t12-,14+,15?;/m0./s1. The van der Waals surface area contributed by atoms with Crippen molar-refractivity contribution in [2.24, 2.45) is 11.7 Å². The van der Waals surface area contributed by atoms with E-state index in [1.165, 1.54) is 0 Å². The zero-order valence-electron chi connectivity index (χ0n) is 12.8. The van der Waals surface area contributed by atoms with E-state index in [4.69, 9.17) is 22.1 Å². The highest BCUT2D eigenvalue weighted by atomic mass is 35.5. The van der Waals surface area contributed by atoms with E-state index in [0.29, 0.717) is 23.9 Å². The number of nitrogens with two attached hydrogens (primary N) is 1. The summed E-state index contributed by atoms with van der Waals surface area (Å²) in [7, 11) is 1.64. The van der Waals surface area contributed by atoms with Crippen molar-refractivity contribution >= 4 is 29.9 Å². The molecule has 3 N–H and O–H groups in total. The summed E-state index contributed by atoms with van der Waals surface area (Å²) in [5, 5.41) is 3.63. The van der Waals surface area contributed by atoms with Gasteiger partial charge in [-0.2, -0.15) is 0 Å². The predicted octanol–water partition coefficient (Wildman–Crippen LogP) is 3.08. The maximum Gasteiger partial charge on any atom is 0.220 e. The lowest BCUT2D eigenvalue weighted by Gasteiger charge is -2.18. The average Bonchev–Trinajstić information content (AvgIpc) is 2.87. The molecule has 1 aliphatic rings. The van der Waals surface area contributed by atoms with Gasteiger partial charge in [0.15, 0.2) is 0 Å². The molecule has 0 aliphatic heterocycles. The molecule has 22 heavy (non-hydrogen) atoms. The smallest absolute Gasteiger partial charge is 0.220 e. The van der Waals surface area contributed by atoms with Crippen LogP contribution in [0.2, 0.25) is 5.02 Å². The van der Waals surface area contributed by atoms with Gasteiger partial charge in [-0.25, -0.2) is 0 Å². The fourth-order valence-electron chi connectivity index (χ4n) is 2.85. The number of methoxy groups -OCH3 is 1. The van der Waals surface area contributed by atoms with E-state index in [1.54, 1.807) is 7.11 Å². The Morgan fingerprint density at radius 2 is 2.09 bits per heavy atom. The van der Waals surface area contributed by atoms with Crippen LogP contribution in [0.5, 0.6) is 0 Å². The van der Waals surface area contributed by atoms with Gasteiger partial charge in [-0.3, -0.25) is 4.79 Å². The molecule has 1 fully saturated rings. The molecular formula is C16H24Cl2N2O2. The highest BCUT2D eigenvalue weighted by Gasteiger charge is 2.26. The maximum absolute atomic E-state index is 12.0. The van der Waals surface area contributed by atoms with Gasteiger partial charge in [-0.1, -0.05) is 30.2 Å². The Labute approximate surface area is 143 Å². The molecule has 1 amide bonds. The molecular weight excluding hydrogens is 323 g/mol. The van der Waals surface area contributed by atoms with Crippen LogP contribution in [0.3, 0.4) is 0 Å². The van der Waals surface area contributed by atoms with Crippen LogP contribution in [0.4, 0.5) is 0 Å². The van der Waals surface area contributed by atoms with Gasteiger partial charge in [0, 0.05) is 31.1 Å². The molecule has 0 aromatic heterocycles. The molecule has 0 bridgehead atoms. The molecule has 1 aromatic rings. The van der Waals surface area contributed by atoms with E-state index < -0.39 is 0 Å². The van der Waals surface area contributed by atoms with Gasteiger partial charge in [0.1, 0.15) is 0 Å². The lowest BCUT2D eigenvalue weighted by atomic mass is 10.00. The zero-order chi connectivity index (χ0) is 15.2. The van der Waals surface area contributed by atoms with Crippen LogP contribution in [0, 0.1) is 5.92 Å². The number of carbonyl (C=O) groups excluding carboxylic acids is 1. The first-order valence-corrected chi connectivity index (χ1v) is 7.78. The Balaban J connectivity index is 0.00000242. The van der Waals surface area contributed by atoms with E-state index in [9.17, 15) is 4.79 Å². The molecule has 0 heterocycles. The molecule has 0 spiro atoms. The molecule has 1 saturated carbocycles. The minimum Gasteiger partial charge on any atom is -0.375 e. The van der Waals surface area contributed by atoms with Crippen molar-refractivity contribution in [2.75, 3.05) is 13.7 Å². The number of hydrogen-bond donors (Lipinski definition) is 2. The Morgan fingerprint density at radius 1 is 1.41 bits per heavy atom. The van der Waals surface area contributed by atoms with Crippen molar-refractivity contribution in [2.45, 2.75) is 37.8 Å². The Hall–Kier alpha value is -0.810. The van der Waals surface area contributed by atoms with Crippen molar-refractivity contribution in [1.29, 1.82) is 0 Å². The summed E-state index contributed by atoms with van der Waals surface area (Å²) < 4.78 is 5.44. The van der Waals surface area contributed by atoms with Gasteiger partial charge >= 0.3 is 0 Å². The molecule has 1 aliphatic carbocycles. The van der Waals surface area contributed by atoms with Crippen LogP contribution in [0.15, 0.2) is 24.3 Å². The van der Waals surface area contributed by atoms with Crippen molar-refractivity contribution < 1.29 is 9.53 Å². The Bertz CT molecular complexity index is 468. The highest BCUT2D eigenvalue weighted by molar-refractivity contribution is 6.30. The normalized spacial score (nSPS) is 22.0. The maximum atomic E-state index is 12.0. The second kappa shape index (κ2) is 9.36. The first-order valence-electron chi connectivity index (χ1n) is 7.40. The van der Waals surface area contributed by atoms with E-state index in [0.717, 1.165) is 24.8 Å². The monoisotopic (exact) mass is 346 g/mol. The molecule has 1 aromatic carbocycles. The van der Waals surface area contributed by atoms with Gasteiger partial charge in [-0.15, -0.1) is 12.4 Å². The number of ether oxygens (including phenoxy) is 1. The molecule has 6 heteroatoms. The second-order valence-corrected chi connectivity index (χ2v) is 6.08. The second-order valence-electron chi connectivity index (χ2n) is 5.64. The van der Waals surface area contributed by atoms with E-state index in [-0.39, 0.29) is 30.5 Å². The zero-order valence-corrected chi connectivity index (χ0v) is 14.3. The number of carbonyl (C=O) groups is 1. The van der Waals surface area contributed by atoms with Gasteiger partial charge in [0.25, 0.3) is 0 Å². The summed E-state index contributed by atoms with van der Waals surface area (Å²) in [5.74, 6) is 0.370. The quantitative estimate of drug-likeness (QED) is 0.831. The number of halogens is 2. The number of nitrogens with one attached hydrogen (secondary N) is 1. The van der Waals surface area contributed by atoms with Gasteiger partial charge in [0.05, 0.1) is 6.10 Å².